The predicted octanol–water partition coefficient (Wildman–Crippen LogP) is 2.41. The summed E-state index contributed by atoms with van der Waals surface area (Å²) in [6, 6.07) is 12.8. The maximum Gasteiger partial charge on any atom is 0.251 e. The van der Waals surface area contributed by atoms with Crippen LogP contribution in [0.3, 0.4) is 0 Å². The number of aliphatic hydroxyl groups excluding tert-OH is 2. The molecule has 0 aliphatic heterocycles. The van der Waals surface area contributed by atoms with Crippen molar-refractivity contribution in [3.63, 3.8) is 0 Å². The zero-order chi connectivity index (χ0) is 17.6. The van der Waals surface area contributed by atoms with Crippen LogP contribution in [0.1, 0.15) is 34.9 Å². The van der Waals surface area contributed by atoms with Crippen molar-refractivity contribution in [2.24, 2.45) is 5.92 Å². The number of carbonyl (C=O) groups is 1. The topological polar surface area (TPSA) is 82.5 Å². The summed E-state index contributed by atoms with van der Waals surface area (Å²) in [7, 11) is 0. The Balaban J connectivity index is 1.69. The van der Waals surface area contributed by atoms with Crippen LogP contribution in [0.2, 0.25) is 0 Å². The van der Waals surface area contributed by atoms with Gasteiger partial charge in [0.25, 0.3) is 5.91 Å². The number of nitrogens with one attached hydrogen (secondary N) is 1. The molecule has 2 aromatic rings. The molecule has 0 spiro atoms. The van der Waals surface area contributed by atoms with Crippen molar-refractivity contribution in [2.75, 3.05) is 12.4 Å². The van der Waals surface area contributed by atoms with Crippen molar-refractivity contribution in [1.82, 2.24) is 10.3 Å². The van der Waals surface area contributed by atoms with Crippen LogP contribution in [0.4, 0.5) is 0 Å². The molecule has 1 atom stereocenters. The van der Waals surface area contributed by atoms with Crippen LogP contribution < -0.4 is 5.32 Å². The van der Waals surface area contributed by atoms with Crippen LogP contribution >= 0.6 is 11.8 Å². The zero-order valence-corrected chi connectivity index (χ0v) is 14.7. The first-order chi connectivity index (χ1) is 12.2. The van der Waals surface area contributed by atoms with Gasteiger partial charge < -0.3 is 15.5 Å². The number of amides is 1. The lowest BCUT2D eigenvalue weighted by Gasteiger charge is -2.37. The zero-order valence-electron chi connectivity index (χ0n) is 13.8. The predicted molar refractivity (Wildman–Crippen MR) is 97.4 cm³/mol. The van der Waals surface area contributed by atoms with E-state index in [-0.39, 0.29) is 30.6 Å². The first-order valence-corrected chi connectivity index (χ1v) is 9.39. The number of rotatable bonds is 7. The summed E-state index contributed by atoms with van der Waals surface area (Å²) >= 11 is 1.55. The van der Waals surface area contributed by atoms with Crippen LogP contribution in [0.25, 0.3) is 0 Å². The third kappa shape index (κ3) is 4.60. The molecule has 132 valence electrons. The summed E-state index contributed by atoms with van der Waals surface area (Å²) in [5.74, 6) is 0.695. The van der Waals surface area contributed by atoms with E-state index in [1.807, 2.05) is 30.3 Å². The fourth-order valence-corrected chi connectivity index (χ4v) is 3.64. The molecule has 1 aliphatic carbocycles. The van der Waals surface area contributed by atoms with Gasteiger partial charge in [0.2, 0.25) is 0 Å². The SMILES string of the molecule is O=C(N[C@H](c1ccccn1)C1CC(O)C1)c1ccc(SCCO)cc1. The molecule has 25 heavy (non-hydrogen) atoms. The van der Waals surface area contributed by atoms with Crippen LogP contribution in [-0.2, 0) is 0 Å². The van der Waals surface area contributed by atoms with Gasteiger partial charge in [0.15, 0.2) is 0 Å². The fraction of sp³-hybridized carbons (Fsp3) is 0.368. The van der Waals surface area contributed by atoms with Crippen LogP contribution in [0.5, 0.6) is 0 Å². The minimum Gasteiger partial charge on any atom is -0.396 e. The van der Waals surface area contributed by atoms with Crippen molar-refractivity contribution in [2.45, 2.75) is 29.9 Å². The molecule has 0 bridgehead atoms. The average molecular weight is 358 g/mol. The molecule has 0 unspecified atom stereocenters. The second-order valence-corrected chi connectivity index (χ2v) is 7.36. The fourth-order valence-electron chi connectivity index (χ4n) is 2.99. The van der Waals surface area contributed by atoms with Gasteiger partial charge in [-0.05, 0) is 55.2 Å². The van der Waals surface area contributed by atoms with Crippen molar-refractivity contribution < 1.29 is 15.0 Å². The number of aromatic nitrogens is 1. The molecule has 5 nitrogen and oxygen atoms in total. The quantitative estimate of drug-likeness (QED) is 0.662. The molecule has 1 aromatic heterocycles. The number of aliphatic hydroxyl groups is 2. The number of hydrogen-bond donors (Lipinski definition) is 3. The molecule has 1 heterocycles. The van der Waals surface area contributed by atoms with Gasteiger partial charge in [0.1, 0.15) is 0 Å². The molecular weight excluding hydrogens is 336 g/mol. The molecule has 1 aromatic carbocycles. The van der Waals surface area contributed by atoms with Crippen molar-refractivity contribution >= 4 is 17.7 Å². The Morgan fingerprint density at radius 2 is 2.00 bits per heavy atom. The average Bonchev–Trinajstić information content (AvgIpc) is 2.63. The molecule has 1 fully saturated rings. The van der Waals surface area contributed by atoms with Gasteiger partial charge in [-0.3, -0.25) is 9.78 Å². The summed E-state index contributed by atoms with van der Waals surface area (Å²) < 4.78 is 0. The highest BCUT2D eigenvalue weighted by molar-refractivity contribution is 7.99. The number of benzene rings is 1. The Hall–Kier alpha value is -1.89. The molecule has 1 amide bonds. The number of nitrogens with zero attached hydrogens (tertiary/aromatic N) is 1. The maximum atomic E-state index is 12.6. The van der Waals surface area contributed by atoms with Crippen LogP contribution in [-0.4, -0.2) is 39.6 Å². The summed E-state index contributed by atoms with van der Waals surface area (Å²) in [4.78, 5) is 18.0. The van der Waals surface area contributed by atoms with E-state index in [1.54, 1.807) is 30.1 Å². The summed E-state index contributed by atoms with van der Waals surface area (Å²) in [6.07, 6.45) is 2.80. The van der Waals surface area contributed by atoms with Gasteiger partial charge in [0.05, 0.1) is 24.4 Å². The van der Waals surface area contributed by atoms with Crippen LogP contribution in [0, 0.1) is 5.92 Å². The Morgan fingerprint density at radius 1 is 1.24 bits per heavy atom. The van der Waals surface area contributed by atoms with E-state index in [0.29, 0.717) is 24.2 Å². The summed E-state index contributed by atoms with van der Waals surface area (Å²) in [5.41, 5.74) is 1.41. The molecule has 1 saturated carbocycles. The highest BCUT2D eigenvalue weighted by Crippen LogP contribution is 2.37. The first-order valence-electron chi connectivity index (χ1n) is 8.41. The largest absolute Gasteiger partial charge is 0.396 e. The minimum absolute atomic E-state index is 0.131. The van der Waals surface area contributed by atoms with E-state index in [2.05, 4.69) is 10.3 Å². The van der Waals surface area contributed by atoms with E-state index >= 15 is 0 Å². The van der Waals surface area contributed by atoms with Gasteiger partial charge in [-0.1, -0.05) is 6.07 Å². The van der Waals surface area contributed by atoms with Crippen molar-refractivity contribution in [3.8, 4) is 0 Å². The van der Waals surface area contributed by atoms with Crippen LogP contribution in [0.15, 0.2) is 53.6 Å². The Kier molecular flexibility index (Phi) is 6.07. The Bertz CT molecular complexity index is 688. The van der Waals surface area contributed by atoms with Gasteiger partial charge >= 0.3 is 0 Å². The Labute approximate surface area is 151 Å². The van der Waals surface area contributed by atoms with Gasteiger partial charge in [0, 0.05) is 22.4 Å². The summed E-state index contributed by atoms with van der Waals surface area (Å²) in [5, 5.41) is 21.6. The number of pyridine rings is 1. The van der Waals surface area contributed by atoms with E-state index in [4.69, 9.17) is 5.11 Å². The summed E-state index contributed by atoms with van der Waals surface area (Å²) in [6.45, 7) is 0.131. The highest BCUT2D eigenvalue weighted by atomic mass is 32.2. The number of hydrogen-bond acceptors (Lipinski definition) is 5. The first kappa shape index (κ1) is 17.9. The lowest BCUT2D eigenvalue weighted by molar-refractivity contribution is 0.0228. The van der Waals surface area contributed by atoms with E-state index in [0.717, 1.165) is 10.6 Å². The second-order valence-electron chi connectivity index (χ2n) is 6.19. The molecular formula is C19H22N2O3S. The van der Waals surface area contributed by atoms with E-state index < -0.39 is 0 Å². The minimum atomic E-state index is -0.282. The normalized spacial score (nSPS) is 20.6. The lowest BCUT2D eigenvalue weighted by Crippen LogP contribution is -2.41. The molecule has 0 radical (unpaired) electrons. The van der Waals surface area contributed by atoms with Gasteiger partial charge in [-0.15, -0.1) is 11.8 Å². The van der Waals surface area contributed by atoms with E-state index in [1.165, 1.54) is 0 Å². The Morgan fingerprint density at radius 3 is 2.60 bits per heavy atom. The van der Waals surface area contributed by atoms with E-state index in [9.17, 15) is 9.90 Å². The molecule has 6 heteroatoms. The van der Waals surface area contributed by atoms with Gasteiger partial charge in [-0.25, -0.2) is 0 Å². The maximum absolute atomic E-state index is 12.6. The number of carbonyl (C=O) groups excluding carboxylic acids is 1. The van der Waals surface area contributed by atoms with Crippen molar-refractivity contribution in [3.05, 3.63) is 59.9 Å². The molecule has 3 N–H and O–H groups in total. The molecule has 1 aliphatic rings. The van der Waals surface area contributed by atoms with Crippen molar-refractivity contribution in [1.29, 1.82) is 0 Å². The standard InChI is InChI=1S/C19H22N2O3S/c22-9-10-25-16-6-4-13(5-7-16)19(24)21-18(14-11-15(23)12-14)17-3-1-2-8-20-17/h1-8,14-15,18,22-23H,9-12H2,(H,21,24)/t14?,15?,18-/m0/s1. The number of thioether (sulfide) groups is 1. The monoisotopic (exact) mass is 358 g/mol. The molecule has 3 rings (SSSR count). The highest BCUT2D eigenvalue weighted by Gasteiger charge is 2.36. The van der Waals surface area contributed by atoms with Gasteiger partial charge in [-0.2, -0.15) is 0 Å². The lowest BCUT2D eigenvalue weighted by atomic mass is 9.76. The molecule has 0 saturated heterocycles. The smallest absolute Gasteiger partial charge is 0.251 e. The third-order valence-electron chi connectivity index (χ3n) is 4.39. The third-order valence-corrected chi connectivity index (χ3v) is 5.38. The second kappa shape index (κ2) is 8.47.